The van der Waals surface area contributed by atoms with Crippen LogP contribution in [0.4, 0.5) is 9.59 Å². The Balaban J connectivity index is 0.000000324. The molecule has 2 fully saturated rings. The van der Waals surface area contributed by atoms with E-state index in [-0.39, 0.29) is 50.5 Å². The second-order valence-corrected chi connectivity index (χ2v) is 16.4. The zero-order valence-electron chi connectivity index (χ0n) is 32.1. The molecular formula is C43H68N2O7. The van der Waals surface area contributed by atoms with Crippen molar-refractivity contribution in [2.75, 3.05) is 13.1 Å². The maximum atomic E-state index is 12.5. The standard InChI is InChI=1S/C19H25NO4.C19H27NO3.C3H8.2CH4/c1-13-11-19(9-10-20(13)17(22)24-18(2,3)4)12-15(21)14-7-5-6-8-16(14)23-19;1-14-13-19(10-9-15-7-5-6-8-16(15)22-19)11-12-20(14)17(21)23-18(2,3)4;1-3-2;;/h5-8,13H,9-12H2,1-4H3;5-8,14H,9-13H2,1-4H3;3H2,1-2H3;2*1H4/t13-,19-;14-,19-;;;/m11.../s1. The van der Waals surface area contributed by atoms with Gasteiger partial charge in [-0.25, -0.2) is 9.59 Å². The van der Waals surface area contributed by atoms with E-state index in [1.807, 2.05) is 83.7 Å². The summed E-state index contributed by atoms with van der Waals surface area (Å²) in [6.45, 7) is 20.9. The Morgan fingerprint density at radius 1 is 0.731 bits per heavy atom. The quantitative estimate of drug-likeness (QED) is 0.267. The first-order valence-electron chi connectivity index (χ1n) is 18.5. The molecule has 9 nitrogen and oxygen atoms in total. The minimum atomic E-state index is -0.512. The van der Waals surface area contributed by atoms with Gasteiger partial charge in [-0.3, -0.25) is 4.79 Å². The number of amides is 2. The highest BCUT2D eigenvalue weighted by atomic mass is 16.6. The molecule has 4 aliphatic heterocycles. The van der Waals surface area contributed by atoms with E-state index in [0.717, 1.165) is 31.4 Å². The van der Waals surface area contributed by atoms with Crippen LogP contribution in [-0.4, -0.2) is 75.3 Å². The molecule has 0 aromatic heterocycles. The average molecular weight is 725 g/mol. The summed E-state index contributed by atoms with van der Waals surface area (Å²) in [6, 6.07) is 15.8. The van der Waals surface area contributed by atoms with Gasteiger partial charge in [-0.05, 0) is 92.0 Å². The molecule has 0 bridgehead atoms. The molecule has 4 aliphatic rings. The van der Waals surface area contributed by atoms with Gasteiger partial charge < -0.3 is 28.7 Å². The zero-order chi connectivity index (χ0) is 36.9. The molecule has 2 aromatic carbocycles. The van der Waals surface area contributed by atoms with Gasteiger partial charge in [-0.1, -0.05) is 65.5 Å². The van der Waals surface area contributed by atoms with Crippen molar-refractivity contribution in [2.24, 2.45) is 0 Å². The molecule has 2 aromatic rings. The van der Waals surface area contributed by atoms with E-state index in [9.17, 15) is 14.4 Å². The molecule has 4 atom stereocenters. The fraction of sp³-hybridized carbons (Fsp3) is 0.651. The van der Waals surface area contributed by atoms with Crippen LogP contribution in [0.5, 0.6) is 11.5 Å². The van der Waals surface area contributed by atoms with Crippen molar-refractivity contribution in [1.29, 1.82) is 0 Å². The number of piperidine rings is 2. The number of hydrogen-bond acceptors (Lipinski definition) is 7. The van der Waals surface area contributed by atoms with Gasteiger partial charge in [-0.15, -0.1) is 0 Å². The second kappa shape index (κ2) is 17.8. The van der Waals surface area contributed by atoms with Crippen LogP contribution in [0.15, 0.2) is 48.5 Å². The van der Waals surface area contributed by atoms with Crippen LogP contribution in [0.1, 0.15) is 145 Å². The van der Waals surface area contributed by atoms with Crippen LogP contribution >= 0.6 is 0 Å². The first-order valence-corrected chi connectivity index (χ1v) is 18.5. The van der Waals surface area contributed by atoms with Crippen molar-refractivity contribution in [3.05, 3.63) is 59.7 Å². The normalized spacial score (nSPS) is 24.8. The number of Topliss-reactive ketones (excluding diaryl/α,β-unsaturated/α-hetero) is 1. The number of carbonyl (C=O) groups is 3. The Labute approximate surface area is 314 Å². The molecule has 4 heterocycles. The summed E-state index contributed by atoms with van der Waals surface area (Å²) in [6.07, 6.45) is 6.18. The molecule has 2 amide bonds. The predicted molar refractivity (Wildman–Crippen MR) is 210 cm³/mol. The number of ketones is 1. The molecule has 0 aliphatic carbocycles. The van der Waals surface area contributed by atoms with E-state index in [2.05, 4.69) is 39.0 Å². The molecule has 292 valence electrons. The minimum Gasteiger partial charge on any atom is -0.487 e. The number of hydrogen-bond donors (Lipinski definition) is 0. The van der Waals surface area contributed by atoms with Crippen LogP contribution in [0.25, 0.3) is 0 Å². The Hall–Kier alpha value is -3.75. The minimum absolute atomic E-state index is 0. The molecular weight excluding hydrogens is 656 g/mol. The summed E-state index contributed by atoms with van der Waals surface area (Å²) in [4.78, 5) is 40.8. The van der Waals surface area contributed by atoms with E-state index in [1.54, 1.807) is 4.90 Å². The zero-order valence-corrected chi connectivity index (χ0v) is 32.1. The van der Waals surface area contributed by atoms with Crippen molar-refractivity contribution < 1.29 is 33.3 Å². The highest BCUT2D eigenvalue weighted by Gasteiger charge is 2.47. The van der Waals surface area contributed by atoms with Gasteiger partial charge in [0.25, 0.3) is 0 Å². The number of aryl methyl sites for hydroxylation is 1. The number of nitrogens with zero attached hydrogens (tertiary/aromatic N) is 2. The van der Waals surface area contributed by atoms with Gasteiger partial charge in [0.05, 0.1) is 12.0 Å². The van der Waals surface area contributed by atoms with E-state index in [0.29, 0.717) is 43.7 Å². The number of para-hydroxylation sites is 2. The predicted octanol–water partition coefficient (Wildman–Crippen LogP) is 10.7. The SMILES string of the molecule is C.C.CCC.C[C@@H]1C[C@@]2(CCc3ccccc3O2)CCN1C(=O)OC(C)(C)C.C[C@@H]1C[C@]2(CCN1C(=O)OC(C)(C)C)CC(=O)c1ccccc1O2. The molecule has 9 heteroatoms. The van der Waals surface area contributed by atoms with Crippen molar-refractivity contribution >= 4 is 18.0 Å². The first-order chi connectivity index (χ1) is 23.4. The summed E-state index contributed by atoms with van der Waals surface area (Å²) in [5.41, 5.74) is 0.343. The summed E-state index contributed by atoms with van der Waals surface area (Å²) in [5, 5.41) is 0. The van der Waals surface area contributed by atoms with Crippen LogP contribution in [-0.2, 0) is 15.9 Å². The van der Waals surface area contributed by atoms with Crippen molar-refractivity contribution in [3.8, 4) is 11.5 Å². The number of likely N-dealkylation sites (tertiary alicyclic amines) is 2. The lowest BCUT2D eigenvalue weighted by Crippen LogP contribution is -2.56. The molecule has 2 spiro atoms. The van der Waals surface area contributed by atoms with Crippen molar-refractivity contribution in [2.45, 2.75) is 170 Å². The third-order valence-electron chi connectivity index (χ3n) is 9.42. The summed E-state index contributed by atoms with van der Waals surface area (Å²) < 4.78 is 23.6. The monoisotopic (exact) mass is 725 g/mol. The van der Waals surface area contributed by atoms with E-state index in [4.69, 9.17) is 18.9 Å². The number of benzene rings is 2. The Kier molecular flexibility index (Phi) is 15.2. The second-order valence-electron chi connectivity index (χ2n) is 16.4. The smallest absolute Gasteiger partial charge is 0.410 e. The maximum Gasteiger partial charge on any atom is 0.410 e. The topological polar surface area (TPSA) is 94.6 Å². The lowest BCUT2D eigenvalue weighted by molar-refractivity contribution is -0.0460. The lowest BCUT2D eigenvalue weighted by atomic mass is 9.80. The highest BCUT2D eigenvalue weighted by Crippen LogP contribution is 2.42. The fourth-order valence-electron chi connectivity index (χ4n) is 7.25. The summed E-state index contributed by atoms with van der Waals surface area (Å²) in [5.74, 6) is 1.79. The number of ether oxygens (including phenoxy) is 4. The Bertz CT molecular complexity index is 1490. The molecule has 0 saturated carbocycles. The van der Waals surface area contributed by atoms with Crippen LogP contribution < -0.4 is 9.47 Å². The Morgan fingerprint density at radius 2 is 1.17 bits per heavy atom. The van der Waals surface area contributed by atoms with Crippen LogP contribution in [0, 0.1) is 0 Å². The van der Waals surface area contributed by atoms with Gasteiger partial charge in [0.1, 0.15) is 33.9 Å². The van der Waals surface area contributed by atoms with Crippen molar-refractivity contribution in [3.63, 3.8) is 0 Å². The van der Waals surface area contributed by atoms with Gasteiger partial charge in [-0.2, -0.15) is 0 Å². The van der Waals surface area contributed by atoms with Crippen molar-refractivity contribution in [1.82, 2.24) is 9.80 Å². The molecule has 0 radical (unpaired) electrons. The van der Waals surface area contributed by atoms with Gasteiger partial charge in [0.2, 0.25) is 0 Å². The molecule has 6 rings (SSSR count). The van der Waals surface area contributed by atoms with E-state index in [1.165, 1.54) is 12.0 Å². The molecule has 0 unspecified atom stereocenters. The van der Waals surface area contributed by atoms with Gasteiger partial charge in [0.15, 0.2) is 5.78 Å². The lowest BCUT2D eigenvalue weighted by Gasteiger charge is -2.47. The fourth-order valence-corrected chi connectivity index (χ4v) is 7.25. The van der Waals surface area contributed by atoms with Gasteiger partial charge >= 0.3 is 12.2 Å². The van der Waals surface area contributed by atoms with Crippen LogP contribution in [0.2, 0.25) is 0 Å². The molecule has 52 heavy (non-hydrogen) atoms. The van der Waals surface area contributed by atoms with Crippen LogP contribution in [0.3, 0.4) is 0 Å². The Morgan fingerprint density at radius 3 is 1.69 bits per heavy atom. The highest BCUT2D eigenvalue weighted by molar-refractivity contribution is 6.00. The van der Waals surface area contributed by atoms with Gasteiger partial charge in [0, 0.05) is 50.9 Å². The first kappa shape index (κ1) is 44.4. The number of fused-ring (bicyclic) bond motifs is 2. The number of carbonyl (C=O) groups excluding carboxylic acids is 3. The average Bonchev–Trinajstić information content (AvgIpc) is 3.00. The summed E-state index contributed by atoms with van der Waals surface area (Å²) in [7, 11) is 0. The third kappa shape index (κ3) is 11.4. The van der Waals surface area contributed by atoms with E-state index >= 15 is 0 Å². The molecule has 2 saturated heterocycles. The van der Waals surface area contributed by atoms with E-state index < -0.39 is 16.8 Å². The maximum absolute atomic E-state index is 12.5. The summed E-state index contributed by atoms with van der Waals surface area (Å²) >= 11 is 0. The third-order valence-corrected chi connectivity index (χ3v) is 9.42. The molecule has 0 N–H and O–H groups in total. The largest absolute Gasteiger partial charge is 0.487 e. The number of rotatable bonds is 0.